The first-order valence-electron chi connectivity index (χ1n) is 10.8. The zero-order chi connectivity index (χ0) is 24.8. The van der Waals surface area contributed by atoms with Crippen molar-refractivity contribution in [1.29, 1.82) is 0 Å². The van der Waals surface area contributed by atoms with Gasteiger partial charge < -0.3 is 16.0 Å². The van der Waals surface area contributed by atoms with Crippen LogP contribution in [0.3, 0.4) is 0 Å². The molecule has 0 atom stereocenters. The number of benzene rings is 2. The van der Waals surface area contributed by atoms with Crippen molar-refractivity contribution in [2.75, 3.05) is 25.5 Å². The smallest absolute Gasteiger partial charge is 0.271 e. The summed E-state index contributed by atoms with van der Waals surface area (Å²) in [5.41, 5.74) is 1.41. The molecule has 0 radical (unpaired) electrons. The molecule has 0 unspecified atom stereocenters. The van der Waals surface area contributed by atoms with Crippen LogP contribution in [0.5, 0.6) is 0 Å². The average molecular weight is 493 g/mol. The lowest BCUT2D eigenvalue weighted by Crippen LogP contribution is -2.30. The molecule has 10 heteroatoms. The van der Waals surface area contributed by atoms with Crippen molar-refractivity contribution in [2.45, 2.75) is 0 Å². The molecular formula is C25H22ClFN6O2. The predicted molar refractivity (Wildman–Crippen MR) is 132 cm³/mol. The largest absolute Gasteiger partial charge is 0.349 e. The third-order valence-electron chi connectivity index (χ3n) is 5.09. The number of para-hydroxylation sites is 1. The predicted octanol–water partition coefficient (Wildman–Crippen LogP) is 3.93. The van der Waals surface area contributed by atoms with Gasteiger partial charge in [-0.2, -0.15) is 5.10 Å². The van der Waals surface area contributed by atoms with Gasteiger partial charge >= 0.3 is 0 Å². The van der Waals surface area contributed by atoms with Gasteiger partial charge in [0.05, 0.1) is 16.3 Å². The Bertz CT molecular complexity index is 1360. The van der Waals surface area contributed by atoms with Crippen molar-refractivity contribution in [1.82, 2.24) is 25.4 Å². The highest BCUT2D eigenvalue weighted by molar-refractivity contribution is 6.34. The molecule has 0 bridgehead atoms. The lowest BCUT2D eigenvalue weighted by molar-refractivity contribution is 0.0948. The van der Waals surface area contributed by atoms with Crippen molar-refractivity contribution >= 4 is 29.2 Å². The molecule has 2 aromatic heterocycles. The summed E-state index contributed by atoms with van der Waals surface area (Å²) in [5, 5.41) is 13.0. The van der Waals surface area contributed by atoms with Gasteiger partial charge in [-0.15, -0.1) is 0 Å². The fourth-order valence-corrected chi connectivity index (χ4v) is 3.57. The number of nitrogens with one attached hydrogen (secondary N) is 3. The summed E-state index contributed by atoms with van der Waals surface area (Å²) < 4.78 is 15.7. The first kappa shape index (κ1) is 24.1. The number of hydrogen-bond donors (Lipinski definition) is 3. The number of amides is 2. The van der Waals surface area contributed by atoms with Crippen LogP contribution in [0.15, 0.2) is 72.9 Å². The second-order valence-corrected chi connectivity index (χ2v) is 7.91. The van der Waals surface area contributed by atoms with Crippen LogP contribution in [-0.4, -0.2) is 46.7 Å². The highest BCUT2D eigenvalue weighted by Gasteiger charge is 2.20. The van der Waals surface area contributed by atoms with Crippen LogP contribution in [-0.2, 0) is 0 Å². The van der Waals surface area contributed by atoms with E-state index in [0.29, 0.717) is 24.3 Å². The number of halogens is 2. The van der Waals surface area contributed by atoms with E-state index in [1.807, 2.05) is 18.2 Å². The molecule has 0 aliphatic carbocycles. The van der Waals surface area contributed by atoms with Crippen LogP contribution < -0.4 is 16.0 Å². The van der Waals surface area contributed by atoms with Crippen LogP contribution >= 0.6 is 11.6 Å². The summed E-state index contributed by atoms with van der Waals surface area (Å²) in [7, 11) is 1.78. The molecule has 2 heterocycles. The molecule has 0 spiro atoms. The molecule has 2 aromatic carbocycles. The molecule has 0 aliphatic rings. The van der Waals surface area contributed by atoms with Crippen molar-refractivity contribution in [3.63, 3.8) is 0 Å². The van der Waals surface area contributed by atoms with E-state index in [0.717, 1.165) is 0 Å². The molecular weight excluding hydrogens is 471 g/mol. The third kappa shape index (κ3) is 5.53. The lowest BCUT2D eigenvalue weighted by atomic mass is 10.1. The monoisotopic (exact) mass is 492 g/mol. The summed E-state index contributed by atoms with van der Waals surface area (Å²) in [5.74, 6) is -1.17. The highest BCUT2D eigenvalue weighted by atomic mass is 35.5. The minimum absolute atomic E-state index is 0.105. The van der Waals surface area contributed by atoms with Crippen LogP contribution in [0.2, 0.25) is 5.02 Å². The molecule has 0 aliphatic heterocycles. The lowest BCUT2D eigenvalue weighted by Gasteiger charge is -2.11. The number of pyridine rings is 1. The Morgan fingerprint density at radius 2 is 1.80 bits per heavy atom. The van der Waals surface area contributed by atoms with Crippen molar-refractivity contribution in [3.8, 4) is 16.9 Å². The van der Waals surface area contributed by atoms with E-state index >= 15 is 0 Å². The summed E-state index contributed by atoms with van der Waals surface area (Å²) in [6.07, 6.45) is 1.47. The normalized spacial score (nSPS) is 10.7. The average Bonchev–Trinajstić information content (AvgIpc) is 3.29. The van der Waals surface area contributed by atoms with Gasteiger partial charge in [0.15, 0.2) is 5.69 Å². The van der Waals surface area contributed by atoms with E-state index in [2.05, 4.69) is 26.0 Å². The number of aromatic nitrogens is 3. The van der Waals surface area contributed by atoms with Gasteiger partial charge in [-0.05, 0) is 43.4 Å². The molecule has 4 rings (SSSR count). The number of carbonyl (C=O) groups is 2. The molecule has 0 saturated carbocycles. The van der Waals surface area contributed by atoms with Crippen LogP contribution in [0.25, 0.3) is 16.9 Å². The van der Waals surface area contributed by atoms with Gasteiger partial charge in [0.1, 0.15) is 17.3 Å². The van der Waals surface area contributed by atoms with Gasteiger partial charge in [0.25, 0.3) is 11.8 Å². The number of carbonyl (C=O) groups excluding carboxylic acids is 2. The summed E-state index contributed by atoms with van der Waals surface area (Å²) in [6.45, 7) is 1.02. The number of nitrogens with zero attached hydrogens (tertiary/aromatic N) is 3. The second-order valence-electron chi connectivity index (χ2n) is 7.50. The maximum absolute atomic E-state index is 14.2. The molecule has 0 fully saturated rings. The third-order valence-corrected chi connectivity index (χ3v) is 5.42. The SMILES string of the molecule is CNCCNC(=O)c1cc(NC(=O)c2cc(-c3ncccc3F)ccc2Cl)n(-c2ccccc2)n1. The Hall–Kier alpha value is -4.08. The zero-order valence-electron chi connectivity index (χ0n) is 18.8. The molecule has 2 amide bonds. The Balaban J connectivity index is 1.66. The first-order valence-corrected chi connectivity index (χ1v) is 11.2. The fourth-order valence-electron chi connectivity index (χ4n) is 3.37. The Labute approximate surface area is 206 Å². The summed E-state index contributed by atoms with van der Waals surface area (Å²) in [4.78, 5) is 29.8. The van der Waals surface area contributed by atoms with Gasteiger partial charge in [0, 0.05) is 30.9 Å². The zero-order valence-corrected chi connectivity index (χ0v) is 19.5. The molecule has 4 aromatic rings. The topological polar surface area (TPSA) is 101 Å². The van der Waals surface area contributed by atoms with Gasteiger partial charge in [-0.1, -0.05) is 35.9 Å². The van der Waals surface area contributed by atoms with Crippen molar-refractivity contribution in [3.05, 3.63) is 95.0 Å². The maximum Gasteiger partial charge on any atom is 0.271 e. The molecule has 3 N–H and O–H groups in total. The highest BCUT2D eigenvalue weighted by Crippen LogP contribution is 2.27. The number of hydrogen-bond acceptors (Lipinski definition) is 5. The van der Waals surface area contributed by atoms with Gasteiger partial charge in [-0.25, -0.2) is 9.07 Å². The van der Waals surface area contributed by atoms with E-state index < -0.39 is 11.7 Å². The Morgan fingerprint density at radius 3 is 2.54 bits per heavy atom. The molecule has 35 heavy (non-hydrogen) atoms. The van der Waals surface area contributed by atoms with Gasteiger partial charge in [-0.3, -0.25) is 14.6 Å². The quantitative estimate of drug-likeness (QED) is 0.324. The fraction of sp³-hybridized carbons (Fsp3) is 0.120. The van der Waals surface area contributed by atoms with Crippen LogP contribution in [0.4, 0.5) is 10.2 Å². The van der Waals surface area contributed by atoms with E-state index in [1.165, 1.54) is 41.2 Å². The second kappa shape index (κ2) is 10.9. The van der Waals surface area contributed by atoms with E-state index in [-0.39, 0.29) is 33.7 Å². The Kier molecular flexibility index (Phi) is 7.49. The number of rotatable bonds is 8. The van der Waals surface area contributed by atoms with E-state index in [1.54, 1.807) is 25.2 Å². The van der Waals surface area contributed by atoms with Gasteiger partial charge in [0.2, 0.25) is 0 Å². The maximum atomic E-state index is 14.2. The van der Waals surface area contributed by atoms with Crippen LogP contribution in [0.1, 0.15) is 20.8 Å². The number of anilines is 1. The van der Waals surface area contributed by atoms with E-state index in [9.17, 15) is 14.0 Å². The van der Waals surface area contributed by atoms with Crippen molar-refractivity contribution < 1.29 is 14.0 Å². The summed E-state index contributed by atoms with van der Waals surface area (Å²) >= 11 is 6.30. The minimum atomic E-state index is -0.549. The first-order chi connectivity index (χ1) is 17.0. The molecule has 0 saturated heterocycles. The summed E-state index contributed by atoms with van der Waals surface area (Å²) in [6, 6.07) is 17.9. The minimum Gasteiger partial charge on any atom is -0.349 e. The van der Waals surface area contributed by atoms with E-state index in [4.69, 9.17) is 11.6 Å². The number of likely N-dealkylation sites (N-methyl/N-ethyl adjacent to an activating group) is 1. The van der Waals surface area contributed by atoms with Crippen molar-refractivity contribution in [2.24, 2.45) is 0 Å². The molecule has 178 valence electrons. The Morgan fingerprint density at radius 1 is 1.00 bits per heavy atom. The standard InChI is InChI=1S/C25H22ClFN6O2/c1-28-12-13-30-25(35)21-15-22(33(32-21)17-6-3-2-4-7-17)31-24(34)18-14-16(9-10-19(18)26)23-20(27)8-5-11-29-23/h2-11,14-15,28H,12-13H2,1H3,(H,30,35)(H,31,34). The molecule has 8 nitrogen and oxygen atoms in total. The van der Waals surface area contributed by atoms with Crippen LogP contribution in [0, 0.1) is 5.82 Å².